The van der Waals surface area contributed by atoms with Crippen molar-refractivity contribution in [1.29, 1.82) is 0 Å². The van der Waals surface area contributed by atoms with E-state index >= 15 is 0 Å². The number of carbonyl (C=O) groups is 1. The maximum Gasteiger partial charge on any atom is 0.249 e. The molecule has 0 saturated heterocycles. The normalized spacial score (nSPS) is 10.6. The highest BCUT2D eigenvalue weighted by Crippen LogP contribution is 2.27. The van der Waals surface area contributed by atoms with Gasteiger partial charge >= 0.3 is 0 Å². The van der Waals surface area contributed by atoms with Crippen molar-refractivity contribution in [3.63, 3.8) is 0 Å². The molecule has 5 heteroatoms. The van der Waals surface area contributed by atoms with Crippen LogP contribution in [-0.4, -0.2) is 17.5 Å². The zero-order valence-corrected chi connectivity index (χ0v) is 12.7. The van der Waals surface area contributed by atoms with Crippen LogP contribution in [0.1, 0.15) is 23.7 Å². The fourth-order valence-electron chi connectivity index (χ4n) is 1.92. The Morgan fingerprint density at radius 2 is 2.20 bits per heavy atom. The Balaban J connectivity index is 2.10. The van der Waals surface area contributed by atoms with Gasteiger partial charge in [0, 0.05) is 10.9 Å². The second-order valence-electron chi connectivity index (χ2n) is 4.60. The number of thiazole rings is 1. The summed E-state index contributed by atoms with van der Waals surface area (Å²) in [7, 11) is 0. The second kappa shape index (κ2) is 6.63. The molecule has 0 aliphatic rings. The van der Waals surface area contributed by atoms with Crippen LogP contribution in [-0.2, 0) is 16.1 Å². The summed E-state index contributed by atoms with van der Waals surface area (Å²) in [5.74, 6) is -0.177. The van der Waals surface area contributed by atoms with E-state index in [2.05, 4.69) is 42.5 Å². The van der Waals surface area contributed by atoms with Gasteiger partial charge in [0.05, 0.1) is 18.7 Å². The molecule has 1 amide bonds. The minimum absolute atomic E-state index is 0.177. The summed E-state index contributed by atoms with van der Waals surface area (Å²) in [6.07, 6.45) is 0.238. The van der Waals surface area contributed by atoms with Crippen LogP contribution in [0.25, 0.3) is 10.6 Å². The zero-order valence-electron chi connectivity index (χ0n) is 11.9. The van der Waals surface area contributed by atoms with Gasteiger partial charge in [0.2, 0.25) is 5.91 Å². The van der Waals surface area contributed by atoms with Crippen molar-refractivity contribution < 1.29 is 9.63 Å². The first-order chi connectivity index (χ1) is 9.60. The third kappa shape index (κ3) is 3.65. The van der Waals surface area contributed by atoms with Gasteiger partial charge in [-0.3, -0.25) is 9.63 Å². The minimum Gasteiger partial charge on any atom is -0.274 e. The monoisotopic (exact) mass is 290 g/mol. The number of hydroxylamine groups is 1. The highest BCUT2D eigenvalue weighted by molar-refractivity contribution is 7.13. The van der Waals surface area contributed by atoms with Gasteiger partial charge in [0.25, 0.3) is 0 Å². The third-order valence-corrected chi connectivity index (χ3v) is 3.76. The highest BCUT2D eigenvalue weighted by atomic mass is 32.1. The van der Waals surface area contributed by atoms with Crippen LogP contribution in [0.4, 0.5) is 0 Å². The Morgan fingerprint density at radius 1 is 1.40 bits per heavy atom. The first-order valence-corrected chi connectivity index (χ1v) is 7.40. The molecule has 0 bridgehead atoms. The van der Waals surface area contributed by atoms with Gasteiger partial charge in [0.1, 0.15) is 5.01 Å². The average Bonchev–Trinajstić information content (AvgIpc) is 2.84. The molecule has 0 saturated carbocycles. The Labute approximate surface area is 122 Å². The van der Waals surface area contributed by atoms with Crippen LogP contribution < -0.4 is 5.48 Å². The second-order valence-corrected chi connectivity index (χ2v) is 5.46. The van der Waals surface area contributed by atoms with Gasteiger partial charge in [0.15, 0.2) is 0 Å². The molecule has 2 rings (SSSR count). The Morgan fingerprint density at radius 3 is 2.90 bits per heavy atom. The molecule has 0 unspecified atom stereocenters. The number of carbonyl (C=O) groups excluding carboxylic acids is 1. The molecule has 0 aliphatic carbocycles. The van der Waals surface area contributed by atoms with E-state index in [0.29, 0.717) is 6.61 Å². The van der Waals surface area contributed by atoms with Crippen molar-refractivity contribution in [1.82, 2.24) is 10.5 Å². The van der Waals surface area contributed by atoms with E-state index in [-0.39, 0.29) is 12.3 Å². The van der Waals surface area contributed by atoms with Crippen molar-refractivity contribution >= 4 is 17.2 Å². The van der Waals surface area contributed by atoms with Gasteiger partial charge < -0.3 is 0 Å². The summed E-state index contributed by atoms with van der Waals surface area (Å²) in [6, 6.07) is 6.29. The summed E-state index contributed by atoms with van der Waals surface area (Å²) in [4.78, 5) is 20.9. The number of nitrogens with one attached hydrogen (secondary N) is 1. The highest BCUT2D eigenvalue weighted by Gasteiger charge is 2.10. The number of hydrogen-bond donors (Lipinski definition) is 1. The van der Waals surface area contributed by atoms with E-state index in [1.807, 2.05) is 12.3 Å². The van der Waals surface area contributed by atoms with E-state index in [1.165, 1.54) is 11.1 Å². The van der Waals surface area contributed by atoms with Crippen LogP contribution in [0.2, 0.25) is 0 Å². The molecule has 1 N–H and O–H groups in total. The fraction of sp³-hybridized carbons (Fsp3) is 0.333. The number of benzene rings is 1. The summed E-state index contributed by atoms with van der Waals surface area (Å²) in [5.41, 5.74) is 6.70. The molecular formula is C15H18N2O2S. The first kappa shape index (κ1) is 14.7. The predicted octanol–water partition coefficient (Wildman–Crippen LogP) is 3.04. The maximum atomic E-state index is 11.6. The Hall–Kier alpha value is -1.72. The number of aryl methyl sites for hydroxylation is 2. The van der Waals surface area contributed by atoms with E-state index in [4.69, 9.17) is 4.84 Å². The number of rotatable bonds is 5. The lowest BCUT2D eigenvalue weighted by molar-refractivity contribution is -0.132. The van der Waals surface area contributed by atoms with Gasteiger partial charge in [-0.05, 0) is 26.3 Å². The van der Waals surface area contributed by atoms with Crippen LogP contribution in [0, 0.1) is 13.8 Å². The van der Waals surface area contributed by atoms with Crippen LogP contribution in [0.3, 0.4) is 0 Å². The van der Waals surface area contributed by atoms with Crippen LogP contribution in [0.15, 0.2) is 23.6 Å². The lowest BCUT2D eigenvalue weighted by atomic mass is 10.1. The molecule has 0 atom stereocenters. The molecule has 2 aromatic rings. The molecule has 1 heterocycles. The Kier molecular flexibility index (Phi) is 4.87. The fourth-order valence-corrected chi connectivity index (χ4v) is 2.83. The number of nitrogens with zero attached hydrogens (tertiary/aromatic N) is 1. The summed E-state index contributed by atoms with van der Waals surface area (Å²) in [6.45, 7) is 6.42. The molecule has 20 heavy (non-hydrogen) atoms. The van der Waals surface area contributed by atoms with Crippen LogP contribution >= 0.6 is 11.3 Å². The molecule has 106 valence electrons. The topological polar surface area (TPSA) is 51.2 Å². The van der Waals surface area contributed by atoms with Gasteiger partial charge in [-0.2, -0.15) is 0 Å². The van der Waals surface area contributed by atoms with Crippen molar-refractivity contribution in [3.8, 4) is 10.6 Å². The lowest BCUT2D eigenvalue weighted by Gasteiger charge is -2.03. The van der Waals surface area contributed by atoms with Crippen molar-refractivity contribution in [3.05, 3.63) is 40.4 Å². The SMILES string of the molecule is CCONC(=O)Cc1csc(-c2ccc(C)cc2C)n1. The number of aromatic nitrogens is 1. The van der Waals surface area contributed by atoms with Crippen molar-refractivity contribution in [2.24, 2.45) is 0 Å². The first-order valence-electron chi connectivity index (χ1n) is 6.52. The molecule has 0 aliphatic heterocycles. The van der Waals surface area contributed by atoms with E-state index in [9.17, 15) is 4.79 Å². The third-order valence-electron chi connectivity index (χ3n) is 2.84. The minimum atomic E-state index is -0.177. The number of hydrogen-bond acceptors (Lipinski definition) is 4. The predicted molar refractivity (Wildman–Crippen MR) is 80.5 cm³/mol. The van der Waals surface area contributed by atoms with Gasteiger partial charge in [-0.1, -0.05) is 23.8 Å². The van der Waals surface area contributed by atoms with Crippen molar-refractivity contribution in [2.45, 2.75) is 27.2 Å². The summed E-state index contributed by atoms with van der Waals surface area (Å²) >= 11 is 1.56. The largest absolute Gasteiger partial charge is 0.274 e. The van der Waals surface area contributed by atoms with E-state index in [1.54, 1.807) is 11.3 Å². The quantitative estimate of drug-likeness (QED) is 0.861. The smallest absolute Gasteiger partial charge is 0.249 e. The van der Waals surface area contributed by atoms with Crippen LogP contribution in [0.5, 0.6) is 0 Å². The summed E-state index contributed by atoms with van der Waals surface area (Å²) < 4.78 is 0. The molecule has 1 aromatic carbocycles. The van der Waals surface area contributed by atoms with Crippen molar-refractivity contribution in [2.75, 3.05) is 6.61 Å². The summed E-state index contributed by atoms with van der Waals surface area (Å²) in [5, 5.41) is 2.86. The van der Waals surface area contributed by atoms with Gasteiger partial charge in [-0.25, -0.2) is 10.5 Å². The maximum absolute atomic E-state index is 11.6. The molecule has 4 nitrogen and oxygen atoms in total. The standard InChI is InChI=1S/C15H18N2O2S/c1-4-19-17-14(18)8-12-9-20-15(16-12)13-6-5-10(2)7-11(13)3/h5-7,9H,4,8H2,1-3H3,(H,17,18). The molecule has 0 radical (unpaired) electrons. The molecule has 1 aromatic heterocycles. The van der Waals surface area contributed by atoms with Gasteiger partial charge in [-0.15, -0.1) is 11.3 Å². The molecular weight excluding hydrogens is 272 g/mol. The average molecular weight is 290 g/mol. The van der Waals surface area contributed by atoms with E-state index < -0.39 is 0 Å². The van der Waals surface area contributed by atoms with E-state index in [0.717, 1.165) is 16.3 Å². The molecule has 0 spiro atoms. The Bertz CT molecular complexity index is 608. The lowest BCUT2D eigenvalue weighted by Crippen LogP contribution is -2.25. The molecule has 0 fully saturated rings. The zero-order chi connectivity index (χ0) is 14.5. The number of amides is 1.